The fraction of sp³-hybridized carbons (Fsp3) is 0.217. The molecule has 172 valence electrons. The van der Waals surface area contributed by atoms with Gasteiger partial charge in [0.05, 0.1) is 21.1 Å². The Balaban J connectivity index is 0.000000390. The molecule has 0 bridgehead atoms. The lowest BCUT2D eigenvalue weighted by Gasteiger charge is -2.28. The van der Waals surface area contributed by atoms with Gasteiger partial charge in [-0.3, -0.25) is 0 Å². The number of hydrogen-bond donors (Lipinski definition) is 0. The summed E-state index contributed by atoms with van der Waals surface area (Å²) in [5.41, 5.74) is -4.20. The van der Waals surface area contributed by atoms with Gasteiger partial charge in [0.1, 0.15) is 6.54 Å². The molecule has 0 aromatic heterocycles. The monoisotopic (exact) mass is 483 g/mol. The second-order valence-corrected chi connectivity index (χ2v) is 11.5. The smallest absolute Gasteiger partial charge is 0.485 e. The van der Waals surface area contributed by atoms with Crippen LogP contribution in [0.4, 0.5) is 13.2 Å². The first-order valence-electron chi connectivity index (χ1n) is 9.60. The zero-order valence-electron chi connectivity index (χ0n) is 18.0. The average molecular weight is 483 g/mol. The number of rotatable bonds is 5. The fourth-order valence-electron chi connectivity index (χ4n) is 2.96. The Morgan fingerprint density at radius 2 is 1.16 bits per heavy atom. The van der Waals surface area contributed by atoms with Gasteiger partial charge in [-0.15, -0.1) is 0 Å². The van der Waals surface area contributed by atoms with Crippen LogP contribution in [0.15, 0.2) is 84.9 Å². The summed E-state index contributed by atoms with van der Waals surface area (Å²) in [6.45, 7) is 1.04. The van der Waals surface area contributed by atoms with E-state index in [-0.39, 0.29) is 0 Å². The molecule has 0 aliphatic heterocycles. The first kappa shape index (κ1) is 26.0. The van der Waals surface area contributed by atoms with Crippen molar-refractivity contribution in [3.8, 4) is 0 Å². The number of hydrogen-bond acceptors (Lipinski definition) is 3. The largest absolute Gasteiger partial charge is 0.741 e. The van der Waals surface area contributed by atoms with Crippen LogP contribution in [0, 0.1) is 0 Å². The van der Waals surface area contributed by atoms with E-state index in [0.717, 1.165) is 11.0 Å². The summed E-state index contributed by atoms with van der Waals surface area (Å²) in [5.74, 6) is 0. The summed E-state index contributed by atoms with van der Waals surface area (Å²) in [4.78, 5) is 0. The topological polar surface area (TPSA) is 57.2 Å². The first-order chi connectivity index (χ1) is 14.8. The molecule has 0 saturated heterocycles. The Labute approximate surface area is 188 Å². The van der Waals surface area contributed by atoms with Crippen molar-refractivity contribution in [2.45, 2.75) is 12.1 Å². The first-order valence-corrected chi connectivity index (χ1v) is 12.4. The molecule has 4 nitrogen and oxygen atoms in total. The standard InChI is InChI=1S/C22H25NP.CHF3O3S/c1-23(2,3)18-19-12-10-11-17-22(19)24(20-13-6-4-7-14-20)21-15-8-5-9-16-21;2-1(3,4)8(5,6)7/h4-17H,18H2,1-3H3;(H,5,6,7)/q+1;/p-1. The van der Waals surface area contributed by atoms with E-state index in [4.69, 9.17) is 13.0 Å². The zero-order chi connectivity index (χ0) is 24.0. The third kappa shape index (κ3) is 7.71. The van der Waals surface area contributed by atoms with Crippen molar-refractivity contribution in [3.63, 3.8) is 0 Å². The van der Waals surface area contributed by atoms with E-state index in [2.05, 4.69) is 106 Å². The van der Waals surface area contributed by atoms with E-state index in [0.29, 0.717) is 0 Å². The van der Waals surface area contributed by atoms with E-state index in [1.807, 2.05) is 0 Å². The van der Waals surface area contributed by atoms with Crippen LogP contribution in [-0.2, 0) is 16.7 Å². The van der Waals surface area contributed by atoms with Crippen LogP contribution < -0.4 is 15.9 Å². The van der Waals surface area contributed by atoms with Gasteiger partial charge in [0.15, 0.2) is 10.1 Å². The predicted octanol–water partition coefficient (Wildman–Crippen LogP) is 3.70. The highest BCUT2D eigenvalue weighted by molar-refractivity contribution is 7.86. The van der Waals surface area contributed by atoms with Crippen LogP contribution in [0.25, 0.3) is 0 Å². The highest BCUT2D eigenvalue weighted by atomic mass is 32.2. The minimum Gasteiger partial charge on any atom is -0.741 e. The molecular weight excluding hydrogens is 458 g/mol. The summed E-state index contributed by atoms with van der Waals surface area (Å²) in [7, 11) is 0.142. The Hall–Kier alpha value is -2.25. The van der Waals surface area contributed by atoms with Crippen molar-refractivity contribution in [2.24, 2.45) is 0 Å². The van der Waals surface area contributed by atoms with Crippen LogP contribution in [-0.4, -0.2) is 44.1 Å². The van der Waals surface area contributed by atoms with E-state index in [9.17, 15) is 13.2 Å². The highest BCUT2D eigenvalue weighted by Crippen LogP contribution is 2.34. The molecule has 0 saturated carbocycles. The summed E-state index contributed by atoms with van der Waals surface area (Å²) >= 11 is 0. The molecule has 3 aromatic carbocycles. The van der Waals surface area contributed by atoms with Crippen molar-refractivity contribution >= 4 is 34.0 Å². The number of benzene rings is 3. The summed E-state index contributed by atoms with van der Waals surface area (Å²) in [6.07, 6.45) is 0. The lowest BCUT2D eigenvalue weighted by atomic mass is 10.2. The minimum atomic E-state index is -6.09. The molecule has 9 heteroatoms. The van der Waals surface area contributed by atoms with Crippen molar-refractivity contribution in [2.75, 3.05) is 21.1 Å². The van der Waals surface area contributed by atoms with Gasteiger partial charge in [0.2, 0.25) is 0 Å². The van der Waals surface area contributed by atoms with Crippen LogP contribution in [0.2, 0.25) is 0 Å². The van der Waals surface area contributed by atoms with E-state index >= 15 is 0 Å². The van der Waals surface area contributed by atoms with Crippen molar-refractivity contribution in [1.82, 2.24) is 0 Å². The lowest BCUT2D eigenvalue weighted by Crippen LogP contribution is -2.36. The van der Waals surface area contributed by atoms with Gasteiger partial charge in [-0.1, -0.05) is 84.9 Å². The molecular formula is C23H25F3NO3PS. The third-order valence-electron chi connectivity index (χ3n) is 4.19. The molecule has 0 radical (unpaired) electrons. The van der Waals surface area contributed by atoms with Gasteiger partial charge in [0.25, 0.3) is 0 Å². The maximum Gasteiger partial charge on any atom is 0.485 e. The summed E-state index contributed by atoms with van der Waals surface area (Å²) in [5, 5.41) is 4.29. The zero-order valence-corrected chi connectivity index (χ0v) is 19.7. The molecule has 0 amide bonds. The molecule has 0 aliphatic carbocycles. The number of alkyl halides is 3. The number of quaternary nitrogens is 1. The summed E-state index contributed by atoms with van der Waals surface area (Å²) in [6, 6.07) is 30.8. The van der Waals surface area contributed by atoms with Crippen LogP contribution in [0.3, 0.4) is 0 Å². The average Bonchev–Trinajstić information content (AvgIpc) is 2.69. The Morgan fingerprint density at radius 3 is 1.53 bits per heavy atom. The van der Waals surface area contributed by atoms with Crippen LogP contribution in [0.1, 0.15) is 5.56 Å². The fourth-order valence-corrected chi connectivity index (χ4v) is 5.42. The van der Waals surface area contributed by atoms with E-state index < -0.39 is 23.5 Å². The predicted molar refractivity (Wildman–Crippen MR) is 123 cm³/mol. The van der Waals surface area contributed by atoms with E-state index in [1.54, 1.807) is 0 Å². The quantitative estimate of drug-likeness (QED) is 0.241. The molecule has 0 aliphatic rings. The molecule has 0 fully saturated rings. The highest BCUT2D eigenvalue weighted by Gasteiger charge is 2.36. The van der Waals surface area contributed by atoms with Crippen LogP contribution >= 0.6 is 7.92 Å². The molecule has 0 unspecified atom stereocenters. The number of halogens is 3. The molecule has 0 N–H and O–H groups in total. The SMILES string of the molecule is C[N+](C)(C)Cc1ccccc1P(c1ccccc1)c1ccccc1.O=S(=O)([O-])C(F)(F)F. The van der Waals surface area contributed by atoms with Gasteiger partial charge >= 0.3 is 5.51 Å². The normalized spacial score (nSPS) is 12.2. The van der Waals surface area contributed by atoms with Gasteiger partial charge < -0.3 is 9.04 Å². The van der Waals surface area contributed by atoms with Crippen molar-refractivity contribution < 1.29 is 30.6 Å². The lowest BCUT2D eigenvalue weighted by molar-refractivity contribution is -0.883. The third-order valence-corrected chi connectivity index (χ3v) is 7.30. The van der Waals surface area contributed by atoms with Gasteiger partial charge in [-0.2, -0.15) is 13.2 Å². The maximum atomic E-state index is 10.7. The van der Waals surface area contributed by atoms with Gasteiger partial charge in [0, 0.05) is 5.56 Å². The van der Waals surface area contributed by atoms with Crippen molar-refractivity contribution in [1.29, 1.82) is 0 Å². The Bertz CT molecular complexity index is 1060. The summed E-state index contributed by atoms with van der Waals surface area (Å²) < 4.78 is 59.8. The van der Waals surface area contributed by atoms with E-state index in [1.165, 1.54) is 21.5 Å². The second-order valence-electron chi connectivity index (χ2n) is 7.98. The molecule has 3 rings (SSSR count). The van der Waals surface area contributed by atoms with Crippen LogP contribution in [0.5, 0.6) is 0 Å². The minimum absolute atomic E-state index is 0.530. The molecule has 0 spiro atoms. The maximum absolute atomic E-state index is 10.7. The second kappa shape index (κ2) is 10.6. The van der Waals surface area contributed by atoms with Crippen molar-refractivity contribution in [3.05, 3.63) is 90.5 Å². The molecule has 0 heterocycles. The van der Waals surface area contributed by atoms with Gasteiger partial charge in [-0.05, 0) is 23.8 Å². The number of nitrogens with zero attached hydrogens (tertiary/aromatic N) is 1. The molecule has 0 atom stereocenters. The molecule has 3 aromatic rings. The Morgan fingerprint density at radius 1 is 0.781 bits per heavy atom. The van der Waals surface area contributed by atoms with Gasteiger partial charge in [-0.25, -0.2) is 8.42 Å². The molecule has 32 heavy (non-hydrogen) atoms. The Kier molecular flexibility index (Phi) is 8.60.